The molecule has 0 amide bonds. The smallest absolute Gasteiger partial charge is 0.155 e. The molecule has 0 heterocycles. The van der Waals surface area contributed by atoms with Gasteiger partial charge in [-0.3, -0.25) is 4.79 Å². The van der Waals surface area contributed by atoms with Crippen molar-refractivity contribution in [3.05, 3.63) is 41.5 Å². The number of aliphatic hydroxyl groups is 1. The largest absolute Gasteiger partial charge is 0.378 e. The molecule has 4 aliphatic carbocycles. The maximum absolute atomic E-state index is 12.4. The van der Waals surface area contributed by atoms with Gasteiger partial charge in [0.2, 0.25) is 0 Å². The second-order valence-corrected chi connectivity index (χ2v) is 11.5. The molecule has 3 heteroatoms. The van der Waals surface area contributed by atoms with Gasteiger partial charge in [-0.2, -0.15) is 0 Å². The minimum absolute atomic E-state index is 0.0336. The second-order valence-electron chi connectivity index (χ2n) is 11.5. The van der Waals surface area contributed by atoms with Gasteiger partial charge in [-0.05, 0) is 98.3 Å². The number of carbonyl (C=O) groups excluding carboxylic acids is 1. The molecule has 0 saturated heterocycles. The molecule has 1 aromatic rings. The summed E-state index contributed by atoms with van der Waals surface area (Å²) in [7, 11) is 1.60. The zero-order chi connectivity index (χ0) is 26.1. The number of carbonyl (C=O) groups is 1. The summed E-state index contributed by atoms with van der Waals surface area (Å²) in [6, 6.07) is 8.03. The van der Waals surface area contributed by atoms with Crippen LogP contribution in [0.25, 0.3) is 0 Å². The van der Waals surface area contributed by atoms with E-state index in [1.54, 1.807) is 7.05 Å². The van der Waals surface area contributed by atoms with Crippen LogP contribution in [0, 0.1) is 40.4 Å². The molecular weight excluding hydrogens is 406 g/mol. The van der Waals surface area contributed by atoms with Gasteiger partial charge in [0, 0.05) is 35.7 Å². The maximum atomic E-state index is 12.4. The molecule has 4 aliphatic rings. The van der Waals surface area contributed by atoms with E-state index in [9.17, 15) is 9.90 Å². The number of allylic oxidation sites excluding steroid dienone is 1. The molecule has 3 nitrogen and oxygen atoms in total. The number of benzene rings is 1. The highest BCUT2D eigenvalue weighted by molar-refractivity contribution is 5.91. The lowest BCUT2D eigenvalue weighted by molar-refractivity contribution is -0.122. The Balaban J connectivity index is 1.61. The summed E-state index contributed by atoms with van der Waals surface area (Å²) in [5.41, 5.74) is 1.85. The van der Waals surface area contributed by atoms with Crippen LogP contribution >= 0.6 is 0 Å². The van der Waals surface area contributed by atoms with Gasteiger partial charge in [-0.15, -0.1) is 5.92 Å². The third kappa shape index (κ3) is 3.24. The van der Waals surface area contributed by atoms with E-state index in [2.05, 4.69) is 37.8 Å². The molecular formula is C30H39NO2. The van der Waals surface area contributed by atoms with Crippen molar-refractivity contribution in [2.24, 2.45) is 28.6 Å². The summed E-state index contributed by atoms with van der Waals surface area (Å²) >= 11 is 0. The van der Waals surface area contributed by atoms with Crippen molar-refractivity contribution < 1.29 is 14.0 Å². The Kier molecular flexibility index (Phi) is 4.52. The quantitative estimate of drug-likeness (QED) is 0.587. The van der Waals surface area contributed by atoms with E-state index in [-0.39, 0.29) is 22.5 Å². The lowest BCUT2D eigenvalue weighted by atomic mass is 9.43. The third-order valence-corrected chi connectivity index (χ3v) is 10.1. The van der Waals surface area contributed by atoms with Crippen molar-refractivity contribution in [2.45, 2.75) is 77.2 Å². The van der Waals surface area contributed by atoms with Crippen LogP contribution in [0.5, 0.6) is 0 Å². The monoisotopic (exact) mass is 448 g/mol. The average molecular weight is 449 g/mol. The van der Waals surface area contributed by atoms with E-state index >= 15 is 0 Å². The molecule has 3 saturated carbocycles. The van der Waals surface area contributed by atoms with Crippen LogP contribution in [-0.2, 0) is 4.79 Å². The molecule has 176 valence electrons. The summed E-state index contributed by atoms with van der Waals surface area (Å²) in [5, 5.41) is 11.8. The number of anilines is 1. The Labute approximate surface area is 203 Å². The van der Waals surface area contributed by atoms with Gasteiger partial charge in [-0.25, -0.2) is 0 Å². The maximum Gasteiger partial charge on any atom is 0.155 e. The summed E-state index contributed by atoms with van der Waals surface area (Å²) in [6.07, 6.45) is 7.98. The zero-order valence-electron chi connectivity index (χ0n) is 23.4. The minimum atomic E-state index is -2.19. The molecule has 0 aromatic heterocycles. The molecule has 7 atom stereocenters. The van der Waals surface area contributed by atoms with E-state index in [0.717, 1.165) is 32.1 Å². The Hall–Kier alpha value is -2.05. The lowest BCUT2D eigenvalue weighted by Gasteiger charge is -2.61. The number of ketones is 1. The van der Waals surface area contributed by atoms with Gasteiger partial charge in [0.15, 0.2) is 5.78 Å². The van der Waals surface area contributed by atoms with E-state index in [1.165, 1.54) is 16.0 Å². The molecule has 33 heavy (non-hydrogen) atoms. The van der Waals surface area contributed by atoms with E-state index in [0.29, 0.717) is 36.3 Å². The van der Waals surface area contributed by atoms with Crippen LogP contribution in [0.1, 0.15) is 81.3 Å². The molecule has 0 bridgehead atoms. The fourth-order valence-corrected chi connectivity index (χ4v) is 8.43. The van der Waals surface area contributed by atoms with Crippen LogP contribution in [0.3, 0.4) is 0 Å². The van der Waals surface area contributed by atoms with Gasteiger partial charge >= 0.3 is 0 Å². The first-order valence-electron chi connectivity index (χ1n) is 14.1. The van der Waals surface area contributed by atoms with Crippen molar-refractivity contribution in [3.8, 4) is 11.8 Å². The first-order chi connectivity index (χ1) is 16.8. The van der Waals surface area contributed by atoms with Crippen molar-refractivity contribution in [3.63, 3.8) is 0 Å². The van der Waals surface area contributed by atoms with Gasteiger partial charge in [0.25, 0.3) is 0 Å². The fourth-order valence-electron chi connectivity index (χ4n) is 8.43. The number of hydrogen-bond acceptors (Lipinski definition) is 3. The average Bonchev–Trinajstić information content (AvgIpc) is 3.08. The van der Waals surface area contributed by atoms with Crippen LogP contribution < -0.4 is 4.90 Å². The summed E-state index contributed by atoms with van der Waals surface area (Å²) in [6.45, 7) is 4.26. The van der Waals surface area contributed by atoms with Crippen LogP contribution in [0.2, 0.25) is 0 Å². The Morgan fingerprint density at radius 1 is 1.15 bits per heavy atom. The first-order valence-corrected chi connectivity index (χ1v) is 12.6. The second kappa shape index (κ2) is 7.74. The summed E-state index contributed by atoms with van der Waals surface area (Å²) in [4.78, 5) is 13.7. The molecule has 0 radical (unpaired) electrons. The van der Waals surface area contributed by atoms with Crippen LogP contribution in [-0.4, -0.2) is 30.5 Å². The van der Waals surface area contributed by atoms with Gasteiger partial charge in [0.1, 0.15) is 5.60 Å². The number of nitrogens with zero attached hydrogens (tertiary/aromatic N) is 1. The van der Waals surface area contributed by atoms with E-state index in [4.69, 9.17) is 4.11 Å². The van der Waals surface area contributed by atoms with E-state index < -0.39 is 12.6 Å². The molecule has 1 aromatic carbocycles. The fraction of sp³-hybridized carbons (Fsp3) is 0.633. The van der Waals surface area contributed by atoms with Crippen molar-refractivity contribution in [2.75, 3.05) is 18.9 Å². The van der Waals surface area contributed by atoms with Gasteiger partial charge < -0.3 is 10.0 Å². The third-order valence-electron chi connectivity index (χ3n) is 10.1. The lowest BCUT2D eigenvalue weighted by Crippen LogP contribution is -2.57. The standard InChI is InChI=1S/C30H39NO2/c1-6-15-30(33)17-14-26-24-12-9-21-18-23(32)13-16-28(21,2)27(24)25(19-29(26,30)3)20-7-10-22(11-8-20)31(4)5/h7-8,10-11,18,24-27,33H,9,12-14,16-17,19H2,1-5H3/t24-,25+,26-,27+,28-,29-,30-/m0/s1/i4D3. The normalized spacial score (nSPS) is 43.5. The minimum Gasteiger partial charge on any atom is -0.378 e. The molecule has 1 N–H and O–H groups in total. The van der Waals surface area contributed by atoms with Crippen LogP contribution in [0.4, 0.5) is 5.69 Å². The van der Waals surface area contributed by atoms with Crippen LogP contribution in [0.15, 0.2) is 35.9 Å². The molecule has 5 rings (SSSR count). The van der Waals surface area contributed by atoms with Crippen molar-refractivity contribution >= 4 is 11.5 Å². The Morgan fingerprint density at radius 3 is 2.61 bits per heavy atom. The highest BCUT2D eigenvalue weighted by Crippen LogP contribution is 2.70. The number of fused-ring (bicyclic) bond motifs is 5. The van der Waals surface area contributed by atoms with Crippen molar-refractivity contribution in [1.29, 1.82) is 0 Å². The van der Waals surface area contributed by atoms with Gasteiger partial charge in [-0.1, -0.05) is 37.5 Å². The highest BCUT2D eigenvalue weighted by atomic mass is 16.3. The predicted octanol–water partition coefficient (Wildman–Crippen LogP) is 5.73. The molecule has 0 unspecified atom stereocenters. The predicted molar refractivity (Wildman–Crippen MR) is 134 cm³/mol. The zero-order valence-corrected chi connectivity index (χ0v) is 20.4. The summed E-state index contributed by atoms with van der Waals surface area (Å²) < 4.78 is 23.3. The highest BCUT2D eigenvalue weighted by Gasteiger charge is 2.66. The van der Waals surface area contributed by atoms with Gasteiger partial charge in [0.05, 0.1) is 0 Å². The van der Waals surface area contributed by atoms with E-state index in [1.807, 2.05) is 25.1 Å². The SMILES string of the molecule is [2H]C([2H])([2H])N(C)c1ccc([C@H]2C[C@@]3(C)[C@@H](CC[C@@]3(O)C#CC)[C@@H]3CCC4=CC(=O)CC[C@]4(C)[C@H]32)cc1. The molecule has 0 aliphatic heterocycles. The number of hydrogen-bond donors (Lipinski definition) is 1. The Bertz CT molecular complexity index is 1150. The summed E-state index contributed by atoms with van der Waals surface area (Å²) in [5.74, 6) is 7.94. The van der Waals surface area contributed by atoms with Crippen molar-refractivity contribution in [1.82, 2.24) is 0 Å². The first kappa shape index (κ1) is 19.3. The molecule has 3 fully saturated rings. The molecule has 0 spiro atoms. The number of rotatable bonds is 2. The Morgan fingerprint density at radius 2 is 1.91 bits per heavy atom. The topological polar surface area (TPSA) is 40.5 Å².